The van der Waals surface area contributed by atoms with Gasteiger partial charge in [0.1, 0.15) is 11.6 Å². The van der Waals surface area contributed by atoms with Gasteiger partial charge in [-0.25, -0.2) is 15.0 Å². The average molecular weight is 329 g/mol. The van der Waals surface area contributed by atoms with Gasteiger partial charge >= 0.3 is 0 Å². The molecule has 2 aromatic rings. The maximum Gasteiger partial charge on any atom is 0.245 e. The van der Waals surface area contributed by atoms with Crippen LogP contribution in [-0.2, 0) is 4.79 Å². The van der Waals surface area contributed by atoms with Crippen LogP contribution < -0.4 is 5.32 Å². The maximum absolute atomic E-state index is 11.7. The molecule has 0 bridgehead atoms. The standard InChI is InChI=1S/C16H19N5OS/c1-4-15(22)21-6-5-12(9-21)13-7-14(19-11(3)18-13)20-16-17-8-10(2)23-16/h4,7-8,12H,1,5-6,9H2,2-3H3,(H,17,18,19,20)/t12-/m0/s1. The Bertz CT molecular complexity index is 742. The Morgan fingerprint density at radius 2 is 2.30 bits per heavy atom. The fourth-order valence-electron chi connectivity index (χ4n) is 2.72. The molecule has 0 unspecified atom stereocenters. The summed E-state index contributed by atoms with van der Waals surface area (Å²) >= 11 is 1.59. The summed E-state index contributed by atoms with van der Waals surface area (Å²) in [7, 11) is 0. The number of thiazole rings is 1. The van der Waals surface area contributed by atoms with Crippen LogP contribution >= 0.6 is 11.3 Å². The van der Waals surface area contributed by atoms with Crippen LogP contribution in [0.15, 0.2) is 24.9 Å². The average Bonchev–Trinajstić information content (AvgIpc) is 3.15. The number of carbonyl (C=O) groups is 1. The lowest BCUT2D eigenvalue weighted by Crippen LogP contribution is -2.26. The molecule has 0 aromatic carbocycles. The summed E-state index contributed by atoms with van der Waals surface area (Å²) in [6, 6.07) is 1.95. The van der Waals surface area contributed by atoms with Crippen molar-refractivity contribution in [1.29, 1.82) is 0 Å². The van der Waals surface area contributed by atoms with Crippen molar-refractivity contribution in [3.8, 4) is 0 Å². The molecule has 0 saturated carbocycles. The smallest absolute Gasteiger partial charge is 0.245 e. The highest BCUT2D eigenvalue weighted by Gasteiger charge is 2.27. The topological polar surface area (TPSA) is 71.0 Å². The number of nitrogens with zero attached hydrogens (tertiary/aromatic N) is 4. The van der Waals surface area contributed by atoms with Crippen molar-refractivity contribution in [2.24, 2.45) is 0 Å². The van der Waals surface area contributed by atoms with Gasteiger partial charge in [-0.05, 0) is 26.3 Å². The molecule has 1 saturated heterocycles. The molecule has 3 rings (SSSR count). The van der Waals surface area contributed by atoms with E-state index in [0.29, 0.717) is 12.4 Å². The monoisotopic (exact) mass is 329 g/mol. The molecule has 0 spiro atoms. The minimum Gasteiger partial charge on any atom is -0.338 e. The van der Waals surface area contributed by atoms with Crippen LogP contribution in [0.4, 0.5) is 10.9 Å². The van der Waals surface area contributed by atoms with Gasteiger partial charge in [-0.15, -0.1) is 11.3 Å². The first-order valence-corrected chi connectivity index (χ1v) is 8.33. The van der Waals surface area contributed by atoms with Crippen molar-refractivity contribution < 1.29 is 4.79 Å². The van der Waals surface area contributed by atoms with E-state index in [1.54, 1.807) is 11.3 Å². The second-order valence-electron chi connectivity index (χ2n) is 5.60. The van der Waals surface area contributed by atoms with Gasteiger partial charge in [0, 0.05) is 36.1 Å². The Hall–Kier alpha value is -2.28. The van der Waals surface area contributed by atoms with Crippen molar-refractivity contribution >= 4 is 28.2 Å². The molecule has 120 valence electrons. The van der Waals surface area contributed by atoms with E-state index in [4.69, 9.17) is 0 Å². The van der Waals surface area contributed by atoms with Gasteiger partial charge < -0.3 is 10.2 Å². The quantitative estimate of drug-likeness (QED) is 0.873. The number of aromatic nitrogens is 3. The van der Waals surface area contributed by atoms with E-state index in [2.05, 4.69) is 26.8 Å². The number of rotatable bonds is 4. The number of amides is 1. The lowest BCUT2D eigenvalue weighted by atomic mass is 10.0. The molecule has 3 heterocycles. The SMILES string of the molecule is C=CC(=O)N1CC[C@H](c2cc(Nc3ncc(C)s3)nc(C)n2)C1. The first kappa shape index (κ1) is 15.6. The van der Waals surface area contributed by atoms with Crippen LogP contribution in [0.3, 0.4) is 0 Å². The van der Waals surface area contributed by atoms with Gasteiger partial charge in [0.2, 0.25) is 5.91 Å². The summed E-state index contributed by atoms with van der Waals surface area (Å²) in [6.07, 6.45) is 4.11. The number of nitrogens with one attached hydrogen (secondary N) is 1. The highest BCUT2D eigenvalue weighted by Crippen LogP contribution is 2.28. The largest absolute Gasteiger partial charge is 0.338 e. The van der Waals surface area contributed by atoms with Crippen molar-refractivity contribution in [3.63, 3.8) is 0 Å². The van der Waals surface area contributed by atoms with Gasteiger partial charge in [-0.2, -0.15) is 0 Å². The van der Waals surface area contributed by atoms with E-state index >= 15 is 0 Å². The number of aryl methyl sites for hydroxylation is 2. The summed E-state index contributed by atoms with van der Waals surface area (Å²) in [4.78, 5) is 28.0. The number of hydrogen-bond acceptors (Lipinski definition) is 6. The molecule has 1 aliphatic heterocycles. The zero-order valence-electron chi connectivity index (χ0n) is 13.2. The van der Waals surface area contributed by atoms with Crippen LogP contribution in [-0.4, -0.2) is 38.8 Å². The molecule has 1 fully saturated rings. The summed E-state index contributed by atoms with van der Waals surface area (Å²) in [5, 5.41) is 4.05. The molecule has 1 amide bonds. The number of carbonyl (C=O) groups excluding carboxylic acids is 1. The van der Waals surface area contributed by atoms with Crippen LogP contribution in [0.1, 0.15) is 28.7 Å². The predicted molar refractivity (Wildman–Crippen MR) is 91.0 cm³/mol. The van der Waals surface area contributed by atoms with Crippen molar-refractivity contribution in [3.05, 3.63) is 41.3 Å². The molecule has 0 aliphatic carbocycles. The lowest BCUT2D eigenvalue weighted by molar-refractivity contribution is -0.125. The molecule has 1 atom stereocenters. The molecule has 1 aliphatic rings. The summed E-state index contributed by atoms with van der Waals surface area (Å²) in [5.41, 5.74) is 0.965. The summed E-state index contributed by atoms with van der Waals surface area (Å²) in [6.45, 7) is 8.86. The predicted octanol–water partition coefficient (Wildman–Crippen LogP) is 2.80. The summed E-state index contributed by atoms with van der Waals surface area (Å²) in [5.74, 6) is 1.68. The van der Waals surface area contributed by atoms with Crippen LogP contribution in [0.25, 0.3) is 0 Å². The van der Waals surface area contributed by atoms with E-state index in [0.717, 1.165) is 34.5 Å². The van der Waals surface area contributed by atoms with Gasteiger partial charge in [0.25, 0.3) is 0 Å². The fraction of sp³-hybridized carbons (Fsp3) is 0.375. The molecule has 6 nitrogen and oxygen atoms in total. The van der Waals surface area contributed by atoms with Crippen molar-refractivity contribution in [2.45, 2.75) is 26.2 Å². The third-order valence-electron chi connectivity index (χ3n) is 3.81. The van der Waals surface area contributed by atoms with E-state index in [9.17, 15) is 4.79 Å². The minimum absolute atomic E-state index is 0.0186. The Kier molecular flexibility index (Phi) is 4.38. The van der Waals surface area contributed by atoms with Gasteiger partial charge in [0.15, 0.2) is 5.13 Å². The Morgan fingerprint density at radius 1 is 1.48 bits per heavy atom. The zero-order chi connectivity index (χ0) is 16.4. The molecule has 1 N–H and O–H groups in total. The molecule has 7 heteroatoms. The van der Waals surface area contributed by atoms with Gasteiger partial charge in [-0.3, -0.25) is 4.79 Å². The summed E-state index contributed by atoms with van der Waals surface area (Å²) < 4.78 is 0. The highest BCUT2D eigenvalue weighted by atomic mass is 32.1. The first-order valence-electron chi connectivity index (χ1n) is 7.51. The number of hydrogen-bond donors (Lipinski definition) is 1. The van der Waals surface area contributed by atoms with Crippen LogP contribution in [0.2, 0.25) is 0 Å². The maximum atomic E-state index is 11.7. The third kappa shape index (κ3) is 3.56. The first-order chi connectivity index (χ1) is 11.0. The second-order valence-corrected chi connectivity index (χ2v) is 6.84. The lowest BCUT2D eigenvalue weighted by Gasteiger charge is -2.14. The van der Waals surface area contributed by atoms with Crippen molar-refractivity contribution in [2.75, 3.05) is 18.4 Å². The molecule has 2 aromatic heterocycles. The van der Waals surface area contributed by atoms with Crippen molar-refractivity contribution in [1.82, 2.24) is 19.9 Å². The van der Waals surface area contributed by atoms with Gasteiger partial charge in [-0.1, -0.05) is 6.58 Å². The number of anilines is 2. The fourth-order valence-corrected chi connectivity index (χ4v) is 3.39. The van der Waals surface area contributed by atoms with E-state index in [1.807, 2.05) is 31.0 Å². The third-order valence-corrected chi connectivity index (χ3v) is 4.64. The van der Waals surface area contributed by atoms with E-state index < -0.39 is 0 Å². The Balaban J connectivity index is 1.78. The molecular formula is C16H19N5OS. The minimum atomic E-state index is -0.0186. The highest BCUT2D eigenvalue weighted by molar-refractivity contribution is 7.15. The normalized spacial score (nSPS) is 17.3. The zero-order valence-corrected chi connectivity index (χ0v) is 14.1. The Labute approximate surface area is 139 Å². The molecule has 0 radical (unpaired) electrons. The van der Waals surface area contributed by atoms with Crippen LogP contribution in [0.5, 0.6) is 0 Å². The molecule has 23 heavy (non-hydrogen) atoms. The van der Waals surface area contributed by atoms with Crippen LogP contribution in [0, 0.1) is 13.8 Å². The Morgan fingerprint density at radius 3 is 3.00 bits per heavy atom. The number of likely N-dealkylation sites (tertiary alicyclic amines) is 1. The van der Waals surface area contributed by atoms with E-state index in [-0.39, 0.29) is 11.8 Å². The van der Waals surface area contributed by atoms with Gasteiger partial charge in [0.05, 0.1) is 5.69 Å². The van der Waals surface area contributed by atoms with E-state index in [1.165, 1.54) is 6.08 Å². The molecular weight excluding hydrogens is 310 g/mol. The second kappa shape index (κ2) is 6.45.